The number of alkyl halides is 1. The van der Waals surface area contributed by atoms with E-state index in [9.17, 15) is 4.79 Å². The first kappa shape index (κ1) is 13.3. The van der Waals surface area contributed by atoms with Crippen LogP contribution in [-0.4, -0.2) is 28.3 Å². The highest BCUT2D eigenvalue weighted by molar-refractivity contribution is 6.17. The van der Waals surface area contributed by atoms with Gasteiger partial charge in [0, 0.05) is 18.3 Å². The molecule has 0 unspecified atom stereocenters. The van der Waals surface area contributed by atoms with Gasteiger partial charge in [0.2, 0.25) is 5.91 Å². The van der Waals surface area contributed by atoms with Crippen LogP contribution >= 0.6 is 11.6 Å². The lowest BCUT2D eigenvalue weighted by atomic mass is 10.0. The molecule has 0 radical (unpaired) electrons. The van der Waals surface area contributed by atoms with Gasteiger partial charge in [-0.15, -0.1) is 11.6 Å². The third kappa shape index (κ3) is 3.38. The van der Waals surface area contributed by atoms with Gasteiger partial charge in [-0.05, 0) is 39.5 Å². The van der Waals surface area contributed by atoms with Crippen LogP contribution < -0.4 is 0 Å². The first-order valence-corrected chi connectivity index (χ1v) is 6.35. The van der Waals surface area contributed by atoms with Crippen LogP contribution in [0.4, 0.5) is 0 Å². The quantitative estimate of drug-likeness (QED) is 0.531. The second-order valence-corrected chi connectivity index (χ2v) is 5.19. The zero-order valence-corrected chi connectivity index (χ0v) is 10.8. The van der Waals surface area contributed by atoms with E-state index >= 15 is 0 Å². The number of hydrogen-bond donors (Lipinski definition) is 0. The molecule has 4 heteroatoms. The van der Waals surface area contributed by atoms with Gasteiger partial charge in [-0.25, -0.2) is 0 Å². The van der Waals surface area contributed by atoms with Crippen molar-refractivity contribution >= 4 is 17.5 Å². The summed E-state index contributed by atoms with van der Waals surface area (Å²) in [4.78, 5) is 13.8. The molecule has 1 fully saturated rings. The Kier molecular flexibility index (Phi) is 4.61. The fraction of sp³-hybridized carbons (Fsp3) is 0.833. The van der Waals surface area contributed by atoms with E-state index in [1.807, 2.05) is 13.8 Å². The fourth-order valence-corrected chi connectivity index (χ4v) is 2.04. The van der Waals surface area contributed by atoms with Gasteiger partial charge < -0.3 is 4.90 Å². The predicted octanol–water partition coefficient (Wildman–Crippen LogP) is 2.69. The average molecular weight is 243 g/mol. The molecule has 0 N–H and O–H groups in total. The molecule has 16 heavy (non-hydrogen) atoms. The van der Waals surface area contributed by atoms with Crippen molar-refractivity contribution in [2.24, 2.45) is 0 Å². The molecule has 0 spiro atoms. The SMILES string of the molecule is CC(C)(C#N)N(C(=O)CCCCCl)C1CC1. The molecule has 0 saturated heterocycles. The summed E-state index contributed by atoms with van der Waals surface area (Å²) in [7, 11) is 0. The maximum atomic E-state index is 12.0. The van der Waals surface area contributed by atoms with Crippen molar-refractivity contribution in [3.63, 3.8) is 0 Å². The highest BCUT2D eigenvalue weighted by atomic mass is 35.5. The Balaban J connectivity index is 2.57. The lowest BCUT2D eigenvalue weighted by Crippen LogP contribution is -2.48. The summed E-state index contributed by atoms with van der Waals surface area (Å²) in [5.41, 5.74) is -0.681. The predicted molar refractivity (Wildman–Crippen MR) is 64.1 cm³/mol. The van der Waals surface area contributed by atoms with Crippen LogP contribution in [0, 0.1) is 11.3 Å². The number of halogens is 1. The van der Waals surface area contributed by atoms with Gasteiger partial charge in [-0.3, -0.25) is 4.79 Å². The van der Waals surface area contributed by atoms with Crippen LogP contribution in [0.1, 0.15) is 46.0 Å². The number of nitrogens with zero attached hydrogens (tertiary/aromatic N) is 2. The van der Waals surface area contributed by atoms with Crippen LogP contribution in [-0.2, 0) is 4.79 Å². The molecular weight excluding hydrogens is 224 g/mol. The molecule has 0 aromatic heterocycles. The van der Waals surface area contributed by atoms with E-state index in [0.29, 0.717) is 12.3 Å². The average Bonchev–Trinajstić information content (AvgIpc) is 3.02. The molecule has 0 aromatic carbocycles. The van der Waals surface area contributed by atoms with E-state index in [1.165, 1.54) is 0 Å². The molecule has 90 valence electrons. The number of rotatable bonds is 6. The van der Waals surface area contributed by atoms with E-state index in [4.69, 9.17) is 16.9 Å². The molecule has 0 heterocycles. The number of carbonyl (C=O) groups is 1. The van der Waals surface area contributed by atoms with Gasteiger partial charge in [0.05, 0.1) is 6.07 Å². The van der Waals surface area contributed by atoms with Crippen molar-refractivity contribution in [1.29, 1.82) is 5.26 Å². The number of nitriles is 1. The standard InChI is InChI=1S/C12H19ClN2O/c1-12(2,9-14)15(10-6-7-10)11(16)5-3-4-8-13/h10H,3-8H2,1-2H3. The Morgan fingerprint density at radius 3 is 2.56 bits per heavy atom. The van der Waals surface area contributed by atoms with E-state index in [1.54, 1.807) is 4.90 Å². The molecule has 0 aromatic rings. The maximum absolute atomic E-state index is 12.0. The second kappa shape index (κ2) is 5.54. The van der Waals surface area contributed by atoms with Gasteiger partial charge in [-0.2, -0.15) is 5.26 Å². The van der Waals surface area contributed by atoms with Crippen LogP contribution in [0.3, 0.4) is 0 Å². The fourth-order valence-electron chi connectivity index (χ4n) is 1.85. The van der Waals surface area contributed by atoms with Crippen molar-refractivity contribution in [2.45, 2.75) is 57.5 Å². The molecule has 0 bridgehead atoms. The van der Waals surface area contributed by atoms with Crippen LogP contribution in [0.25, 0.3) is 0 Å². The normalized spacial score (nSPS) is 15.6. The van der Waals surface area contributed by atoms with Crippen LogP contribution in [0.5, 0.6) is 0 Å². The summed E-state index contributed by atoms with van der Waals surface area (Å²) in [6.07, 6.45) is 4.25. The maximum Gasteiger partial charge on any atom is 0.224 e. The second-order valence-electron chi connectivity index (χ2n) is 4.81. The monoisotopic (exact) mass is 242 g/mol. The minimum Gasteiger partial charge on any atom is -0.322 e. The summed E-state index contributed by atoms with van der Waals surface area (Å²) in [5, 5.41) is 9.10. The topological polar surface area (TPSA) is 44.1 Å². The van der Waals surface area contributed by atoms with Crippen LogP contribution in [0.2, 0.25) is 0 Å². The zero-order chi connectivity index (χ0) is 12.2. The molecular formula is C12H19ClN2O. The summed E-state index contributed by atoms with van der Waals surface area (Å²) in [6, 6.07) is 2.50. The van der Waals surface area contributed by atoms with Crippen molar-refractivity contribution in [1.82, 2.24) is 4.90 Å². The number of amides is 1. The molecule has 3 nitrogen and oxygen atoms in total. The lowest BCUT2D eigenvalue weighted by molar-refractivity contribution is -0.135. The van der Waals surface area contributed by atoms with Crippen LogP contribution in [0.15, 0.2) is 0 Å². The largest absolute Gasteiger partial charge is 0.322 e. The Morgan fingerprint density at radius 1 is 1.50 bits per heavy atom. The summed E-state index contributed by atoms with van der Waals surface area (Å²) in [5.74, 6) is 0.692. The molecule has 0 atom stereocenters. The third-order valence-corrected chi connectivity index (χ3v) is 3.10. The Bertz CT molecular complexity index is 292. The van der Waals surface area contributed by atoms with E-state index < -0.39 is 5.54 Å². The summed E-state index contributed by atoms with van der Waals surface area (Å²) in [6.45, 7) is 3.62. The van der Waals surface area contributed by atoms with E-state index in [-0.39, 0.29) is 11.9 Å². The molecule has 1 aliphatic carbocycles. The Hall–Kier alpha value is -0.750. The van der Waals surface area contributed by atoms with Gasteiger partial charge in [0.25, 0.3) is 0 Å². The molecule has 1 saturated carbocycles. The smallest absolute Gasteiger partial charge is 0.224 e. The molecule has 1 aliphatic rings. The highest BCUT2D eigenvalue weighted by Crippen LogP contribution is 2.33. The summed E-state index contributed by atoms with van der Waals surface area (Å²) >= 11 is 5.58. The first-order valence-electron chi connectivity index (χ1n) is 5.82. The number of carbonyl (C=O) groups excluding carboxylic acids is 1. The Labute approximate surface area is 102 Å². The first-order chi connectivity index (χ1) is 7.53. The van der Waals surface area contributed by atoms with Gasteiger partial charge in [-0.1, -0.05) is 0 Å². The van der Waals surface area contributed by atoms with Gasteiger partial charge in [0.15, 0.2) is 0 Å². The molecule has 0 aliphatic heterocycles. The zero-order valence-electron chi connectivity index (χ0n) is 10.0. The van der Waals surface area contributed by atoms with E-state index in [0.717, 1.165) is 25.7 Å². The molecule has 1 amide bonds. The van der Waals surface area contributed by atoms with Crippen molar-refractivity contribution in [3.8, 4) is 6.07 Å². The summed E-state index contributed by atoms with van der Waals surface area (Å²) < 4.78 is 0. The highest BCUT2D eigenvalue weighted by Gasteiger charge is 2.41. The van der Waals surface area contributed by atoms with Crippen molar-refractivity contribution in [3.05, 3.63) is 0 Å². The minimum atomic E-state index is -0.681. The van der Waals surface area contributed by atoms with Crippen molar-refractivity contribution in [2.75, 3.05) is 5.88 Å². The molecule has 1 rings (SSSR count). The van der Waals surface area contributed by atoms with E-state index in [2.05, 4.69) is 6.07 Å². The minimum absolute atomic E-state index is 0.0965. The van der Waals surface area contributed by atoms with Gasteiger partial charge in [0.1, 0.15) is 5.54 Å². The number of hydrogen-bond acceptors (Lipinski definition) is 2. The number of unbranched alkanes of at least 4 members (excludes halogenated alkanes) is 1. The third-order valence-electron chi connectivity index (χ3n) is 2.83. The Morgan fingerprint density at radius 2 is 2.12 bits per heavy atom. The van der Waals surface area contributed by atoms with Gasteiger partial charge >= 0.3 is 0 Å². The lowest BCUT2D eigenvalue weighted by Gasteiger charge is -2.33. The van der Waals surface area contributed by atoms with Crippen molar-refractivity contribution < 1.29 is 4.79 Å².